The Morgan fingerprint density at radius 2 is 1.56 bits per heavy atom. The van der Waals surface area contributed by atoms with Gasteiger partial charge in [-0.3, -0.25) is 44.4 Å². The van der Waals surface area contributed by atoms with Crippen LogP contribution in [0.4, 0.5) is 17.1 Å². The molecule has 0 unspecified atom stereocenters. The van der Waals surface area contributed by atoms with E-state index >= 15 is 0 Å². The minimum Gasteiger partial charge on any atom is -0.288 e. The van der Waals surface area contributed by atoms with Crippen LogP contribution in [0.5, 0.6) is 0 Å². The Morgan fingerprint density at radius 1 is 0.882 bits per heavy atom. The van der Waals surface area contributed by atoms with E-state index in [2.05, 4.69) is 0 Å². The third-order valence-corrected chi connectivity index (χ3v) is 5.49. The van der Waals surface area contributed by atoms with Gasteiger partial charge in [-0.2, -0.15) is 0 Å². The van der Waals surface area contributed by atoms with Crippen LogP contribution in [-0.2, 0) is 0 Å². The number of non-ortho nitro benzene ring substituents is 1. The number of fused-ring (bicyclic) bond motifs is 1. The number of anilines is 1. The molecule has 12 heteroatoms. The summed E-state index contributed by atoms with van der Waals surface area (Å²) in [6.07, 6.45) is 0. The average Bonchev–Trinajstić information content (AvgIpc) is 3.07. The number of benzene rings is 3. The predicted molar refractivity (Wildman–Crippen MR) is 120 cm³/mol. The van der Waals surface area contributed by atoms with Crippen LogP contribution in [-0.4, -0.2) is 39.1 Å². The Bertz CT molecular complexity index is 1370. The summed E-state index contributed by atoms with van der Waals surface area (Å²) in [5.41, 5.74) is -1.06. The summed E-state index contributed by atoms with van der Waals surface area (Å²) < 4.78 is 0. The Labute approximate surface area is 196 Å². The Kier molecular flexibility index (Phi) is 5.78. The number of nitro benzene ring substituents is 2. The van der Waals surface area contributed by atoms with Crippen molar-refractivity contribution in [3.8, 4) is 0 Å². The van der Waals surface area contributed by atoms with Gasteiger partial charge in [0.15, 0.2) is 0 Å². The Hall–Kier alpha value is -4.64. The summed E-state index contributed by atoms with van der Waals surface area (Å²) in [5.74, 6) is -2.44. The van der Waals surface area contributed by atoms with Gasteiger partial charge in [0.2, 0.25) is 0 Å². The predicted octanol–water partition coefficient (Wildman–Crippen LogP) is 4.06. The molecule has 34 heavy (non-hydrogen) atoms. The summed E-state index contributed by atoms with van der Waals surface area (Å²) in [6, 6.07) is 14.6. The molecule has 0 spiro atoms. The minimum absolute atomic E-state index is 0.0353. The number of hydrogen-bond acceptors (Lipinski definition) is 7. The second-order valence-electron chi connectivity index (χ2n) is 7.13. The molecule has 0 aliphatic carbocycles. The topological polar surface area (TPSA) is 144 Å². The number of rotatable bonds is 6. The van der Waals surface area contributed by atoms with E-state index in [1.807, 2.05) is 0 Å². The van der Waals surface area contributed by atoms with Crippen molar-refractivity contribution in [2.45, 2.75) is 0 Å². The number of nitrogens with zero attached hydrogens (tertiary/aromatic N) is 4. The molecule has 1 aliphatic rings. The molecular weight excluding hydrogens is 468 g/mol. The van der Waals surface area contributed by atoms with Crippen LogP contribution in [0.1, 0.15) is 31.1 Å². The molecule has 0 bridgehead atoms. The molecule has 11 nitrogen and oxygen atoms in total. The van der Waals surface area contributed by atoms with E-state index in [9.17, 15) is 34.6 Å². The van der Waals surface area contributed by atoms with Gasteiger partial charge in [-0.25, -0.2) is 0 Å². The zero-order valence-corrected chi connectivity index (χ0v) is 17.8. The maximum absolute atomic E-state index is 13.4. The van der Waals surface area contributed by atoms with Crippen LogP contribution in [0.25, 0.3) is 0 Å². The SMILES string of the molecule is O=C1c2cccc([N+](=O)[O-])c2C(=O)N1CN(C(=O)c1ccc([N+](=O)[O-])cc1)c1ccccc1Cl. The molecule has 0 atom stereocenters. The molecule has 1 heterocycles. The van der Waals surface area contributed by atoms with Crippen molar-refractivity contribution < 1.29 is 24.2 Å². The molecule has 1 aliphatic heterocycles. The van der Waals surface area contributed by atoms with Gasteiger partial charge in [0, 0.05) is 23.8 Å². The molecule has 170 valence electrons. The molecule has 0 aromatic heterocycles. The van der Waals surface area contributed by atoms with Crippen molar-refractivity contribution in [2.75, 3.05) is 11.6 Å². The number of halogens is 1. The monoisotopic (exact) mass is 480 g/mol. The van der Waals surface area contributed by atoms with Gasteiger partial charge in [0.25, 0.3) is 29.1 Å². The first-order valence-electron chi connectivity index (χ1n) is 9.65. The second-order valence-corrected chi connectivity index (χ2v) is 7.53. The largest absolute Gasteiger partial charge is 0.288 e. The second kappa shape index (κ2) is 8.71. The molecule has 4 rings (SSSR count). The van der Waals surface area contributed by atoms with Gasteiger partial charge < -0.3 is 0 Å². The molecule has 3 amide bonds. The molecule has 0 saturated heterocycles. The number of amides is 3. The summed E-state index contributed by atoms with van der Waals surface area (Å²) in [5, 5.41) is 22.4. The van der Waals surface area contributed by atoms with E-state index in [0.717, 1.165) is 23.1 Å². The number of para-hydroxylation sites is 1. The van der Waals surface area contributed by atoms with Gasteiger partial charge in [-0.05, 0) is 30.3 Å². The first kappa shape index (κ1) is 22.6. The van der Waals surface area contributed by atoms with E-state index < -0.39 is 39.9 Å². The highest BCUT2D eigenvalue weighted by atomic mass is 35.5. The van der Waals surface area contributed by atoms with Crippen LogP contribution in [0, 0.1) is 20.2 Å². The lowest BCUT2D eigenvalue weighted by Crippen LogP contribution is -2.44. The van der Waals surface area contributed by atoms with Crippen LogP contribution in [0.2, 0.25) is 5.02 Å². The van der Waals surface area contributed by atoms with Crippen LogP contribution in [0.3, 0.4) is 0 Å². The minimum atomic E-state index is -0.930. The summed E-state index contributed by atoms with van der Waals surface area (Å²) >= 11 is 6.27. The number of carbonyl (C=O) groups excluding carboxylic acids is 3. The van der Waals surface area contributed by atoms with E-state index in [4.69, 9.17) is 11.6 Å². The molecule has 0 saturated carbocycles. The van der Waals surface area contributed by atoms with Crippen molar-refractivity contribution in [3.05, 3.63) is 109 Å². The van der Waals surface area contributed by atoms with E-state index in [-0.39, 0.29) is 33.1 Å². The van der Waals surface area contributed by atoms with Crippen LogP contribution in [0.15, 0.2) is 66.7 Å². The van der Waals surface area contributed by atoms with Crippen LogP contribution < -0.4 is 4.90 Å². The zero-order chi connectivity index (χ0) is 24.6. The summed E-state index contributed by atoms with van der Waals surface area (Å²) in [4.78, 5) is 62.0. The summed E-state index contributed by atoms with van der Waals surface area (Å²) in [6.45, 7) is -0.594. The fourth-order valence-electron chi connectivity index (χ4n) is 3.54. The number of imide groups is 1. The van der Waals surface area contributed by atoms with Gasteiger partial charge in [0.05, 0.1) is 26.1 Å². The zero-order valence-electron chi connectivity index (χ0n) is 17.1. The van der Waals surface area contributed by atoms with Gasteiger partial charge >= 0.3 is 0 Å². The highest BCUT2D eigenvalue weighted by Crippen LogP contribution is 2.33. The maximum atomic E-state index is 13.4. The molecular formula is C22H13ClN4O7. The molecule has 0 radical (unpaired) electrons. The number of carbonyl (C=O) groups is 3. The van der Waals surface area contributed by atoms with Gasteiger partial charge in [0.1, 0.15) is 12.2 Å². The lowest BCUT2D eigenvalue weighted by atomic mass is 10.1. The number of hydrogen-bond donors (Lipinski definition) is 0. The number of nitro groups is 2. The average molecular weight is 481 g/mol. The third-order valence-electron chi connectivity index (χ3n) is 5.17. The van der Waals surface area contributed by atoms with Crippen molar-refractivity contribution in [1.82, 2.24) is 4.90 Å². The Balaban J connectivity index is 1.75. The highest BCUT2D eigenvalue weighted by Gasteiger charge is 2.42. The van der Waals surface area contributed by atoms with Gasteiger partial charge in [-0.1, -0.05) is 29.8 Å². The van der Waals surface area contributed by atoms with Gasteiger partial charge in [-0.15, -0.1) is 0 Å². The fraction of sp³-hybridized carbons (Fsp3) is 0.0455. The van der Waals surface area contributed by atoms with Crippen molar-refractivity contribution in [2.24, 2.45) is 0 Å². The highest BCUT2D eigenvalue weighted by molar-refractivity contribution is 6.34. The lowest BCUT2D eigenvalue weighted by Gasteiger charge is -2.27. The van der Waals surface area contributed by atoms with Crippen molar-refractivity contribution in [3.63, 3.8) is 0 Å². The molecule has 0 N–H and O–H groups in total. The van der Waals surface area contributed by atoms with Crippen molar-refractivity contribution >= 4 is 46.4 Å². The van der Waals surface area contributed by atoms with E-state index in [0.29, 0.717) is 4.90 Å². The third kappa shape index (κ3) is 3.84. The van der Waals surface area contributed by atoms with E-state index in [1.54, 1.807) is 12.1 Å². The van der Waals surface area contributed by atoms with Crippen LogP contribution >= 0.6 is 11.6 Å². The quantitative estimate of drug-likeness (QED) is 0.294. The lowest BCUT2D eigenvalue weighted by molar-refractivity contribution is -0.385. The van der Waals surface area contributed by atoms with Crippen molar-refractivity contribution in [1.29, 1.82) is 0 Å². The molecule has 3 aromatic rings. The molecule has 3 aromatic carbocycles. The standard InChI is InChI=1S/C22H13ClN4O7/c23-16-5-1-2-6-17(16)24(20(28)13-8-10-14(11-9-13)26(31)32)12-25-21(29)15-4-3-7-18(27(33)34)19(15)22(25)30/h1-11H,12H2. The first-order chi connectivity index (χ1) is 16.2. The first-order valence-corrected chi connectivity index (χ1v) is 10.0. The summed E-state index contributed by atoms with van der Waals surface area (Å²) in [7, 11) is 0. The normalized spacial score (nSPS) is 12.4. The smallest absolute Gasteiger partial charge is 0.282 e. The fourth-order valence-corrected chi connectivity index (χ4v) is 3.78. The Morgan fingerprint density at radius 3 is 2.18 bits per heavy atom. The maximum Gasteiger partial charge on any atom is 0.282 e. The molecule has 0 fully saturated rings. The van der Waals surface area contributed by atoms with E-state index in [1.165, 1.54) is 36.4 Å².